The summed E-state index contributed by atoms with van der Waals surface area (Å²) in [6.45, 7) is 15.6. The molecule has 1 saturated heterocycles. The lowest BCUT2D eigenvalue weighted by molar-refractivity contribution is -0.385. The standard InChI is InChI=1S/C62H69ClN10O10S2/c1-36-38(3)85-61-56(36)57(41-16-18-44(63)19-17-41)66-48(59-69-68-39(4)72(59)61)28-54(75)64-20-21-80-22-23-81-24-25-82-34-55(76)67-53(62(5,6)7)33-70-32-45(74)27-50(70)60(77)71(30-40-12-14-42(15-13-40)58-37(2)65-35-84-58)31-43-26-47-46-10-8-9-11-51(46)83-52(47)29-49(43)73(78)79/h8-19,26,29,35,45,48,50,53,74H,20-25,27-28,30-34H2,1-7H3,(H,64,75)(H,67,76)/t45-,48+,50+,53-/m1/s1. The number of aliphatic hydroxyl groups excluding tert-OH is 1. The number of nitrogens with one attached hydrogen (secondary N) is 2. The minimum atomic E-state index is -0.833. The zero-order valence-corrected chi connectivity index (χ0v) is 50.9. The third-order valence-electron chi connectivity index (χ3n) is 15.5. The number of para-hydroxylation sites is 1. The molecule has 6 heterocycles. The quantitative estimate of drug-likeness (QED) is 0.0290. The lowest BCUT2D eigenvalue weighted by atomic mass is 9.86. The lowest BCUT2D eigenvalue weighted by Crippen LogP contribution is -2.54. The Labute approximate surface area is 505 Å². The molecule has 2 aliphatic rings. The van der Waals surface area contributed by atoms with Gasteiger partial charge in [0.25, 0.3) is 5.69 Å². The molecular formula is C62H69ClN10O10S2. The van der Waals surface area contributed by atoms with Gasteiger partial charge in [-0.25, -0.2) is 4.98 Å². The first-order chi connectivity index (χ1) is 40.8. The van der Waals surface area contributed by atoms with Crippen LogP contribution in [0.2, 0.25) is 5.02 Å². The molecule has 20 nitrogen and oxygen atoms in total. The number of likely N-dealkylation sites (tertiary alicyclic amines) is 1. The van der Waals surface area contributed by atoms with Crippen LogP contribution < -0.4 is 10.6 Å². The number of aliphatic hydroxyl groups is 1. The number of benzene rings is 4. The third kappa shape index (κ3) is 14.0. The predicted octanol–water partition coefficient (Wildman–Crippen LogP) is 9.79. The van der Waals surface area contributed by atoms with Gasteiger partial charge in [0.15, 0.2) is 5.82 Å². The number of hydrogen-bond acceptors (Lipinski definition) is 17. The van der Waals surface area contributed by atoms with Crippen LogP contribution in [0.5, 0.6) is 0 Å². The van der Waals surface area contributed by atoms with E-state index >= 15 is 4.79 Å². The smallest absolute Gasteiger partial charge is 0.278 e. The SMILES string of the molecule is Cc1ncsc1-c1ccc(CN(Cc2cc3c(cc2[N+](=O)[O-])oc2ccccc23)C(=O)[C@@H]2C[C@@H](O)CN2C[C@@H](NC(=O)COCCOCCOCCNC(=O)C[C@@H]2N=C(c3ccc(Cl)cc3)c3c(sc(C)c3C)-n3c(C)nnc32)C(C)(C)C)cc1. The number of aromatic nitrogens is 4. The number of carbonyl (C=O) groups excluding carboxylic acids is 3. The van der Waals surface area contributed by atoms with Crippen molar-refractivity contribution in [2.24, 2.45) is 10.4 Å². The molecule has 0 saturated carbocycles. The summed E-state index contributed by atoms with van der Waals surface area (Å²) in [6.07, 6.45) is -0.647. The number of thiazole rings is 1. The number of aliphatic imine (C=N–C) groups is 1. The third-order valence-corrected chi connectivity index (χ3v) is 18.0. The Hall–Kier alpha value is -7.28. The molecule has 23 heteroatoms. The maximum Gasteiger partial charge on any atom is 0.278 e. The van der Waals surface area contributed by atoms with Gasteiger partial charge in [-0.1, -0.05) is 87.0 Å². The summed E-state index contributed by atoms with van der Waals surface area (Å²) in [5.74, 6) is 0.437. The minimum absolute atomic E-state index is 0.0530. The zero-order valence-electron chi connectivity index (χ0n) is 48.6. The number of thiophene rings is 1. The largest absolute Gasteiger partial charge is 0.456 e. The fraction of sp³-hybridized carbons (Fsp3) is 0.403. The number of nitrogens with zero attached hydrogens (tertiary/aromatic N) is 8. The van der Waals surface area contributed by atoms with Crippen molar-refractivity contribution in [3.05, 3.63) is 156 Å². The van der Waals surface area contributed by atoms with E-state index in [4.69, 9.17) is 35.2 Å². The normalized spacial score (nSPS) is 16.5. The van der Waals surface area contributed by atoms with Gasteiger partial charge < -0.3 is 39.3 Å². The van der Waals surface area contributed by atoms with Gasteiger partial charge in [-0.2, -0.15) is 0 Å². The average Bonchev–Trinajstić information content (AvgIpc) is 2.01. The highest BCUT2D eigenvalue weighted by molar-refractivity contribution is 7.15. The van der Waals surface area contributed by atoms with Crippen molar-refractivity contribution in [1.29, 1.82) is 0 Å². The molecule has 4 aromatic carbocycles. The van der Waals surface area contributed by atoms with Crippen LogP contribution in [0.4, 0.5) is 5.69 Å². The molecule has 0 unspecified atom stereocenters. The van der Waals surface area contributed by atoms with Gasteiger partial charge in [-0.15, -0.1) is 32.9 Å². The van der Waals surface area contributed by atoms with Crippen LogP contribution in [-0.4, -0.2) is 140 Å². The van der Waals surface area contributed by atoms with E-state index < -0.39 is 34.6 Å². The molecule has 3 amide bonds. The van der Waals surface area contributed by atoms with Gasteiger partial charge >= 0.3 is 0 Å². The predicted molar refractivity (Wildman–Crippen MR) is 328 cm³/mol. The number of halogens is 1. The second-order valence-corrected chi connectivity index (χ2v) is 25.1. The van der Waals surface area contributed by atoms with Crippen molar-refractivity contribution in [2.45, 2.75) is 98.6 Å². The topological polar surface area (TPSA) is 242 Å². The second kappa shape index (κ2) is 26.5. The first-order valence-corrected chi connectivity index (χ1v) is 30.3. The van der Waals surface area contributed by atoms with E-state index in [1.165, 1.54) is 6.07 Å². The van der Waals surface area contributed by atoms with E-state index in [-0.39, 0.29) is 109 Å². The Morgan fingerprint density at radius 2 is 1.61 bits per heavy atom. The van der Waals surface area contributed by atoms with E-state index in [1.807, 2.05) is 117 Å². The summed E-state index contributed by atoms with van der Waals surface area (Å²) >= 11 is 9.45. The van der Waals surface area contributed by atoms with Crippen LogP contribution in [-0.2, 0) is 41.7 Å². The van der Waals surface area contributed by atoms with Crippen LogP contribution in [0.1, 0.15) is 89.7 Å². The Morgan fingerprint density at radius 1 is 0.894 bits per heavy atom. The van der Waals surface area contributed by atoms with E-state index in [9.17, 15) is 24.8 Å². The van der Waals surface area contributed by atoms with Gasteiger partial charge in [-0.05, 0) is 80.5 Å². The molecule has 10 rings (SSSR count). The number of hydrogen-bond donors (Lipinski definition) is 3. The summed E-state index contributed by atoms with van der Waals surface area (Å²) in [4.78, 5) is 69.5. The lowest BCUT2D eigenvalue weighted by Gasteiger charge is -2.37. The van der Waals surface area contributed by atoms with Crippen molar-refractivity contribution in [2.75, 3.05) is 59.3 Å². The van der Waals surface area contributed by atoms with Crippen LogP contribution in [0.3, 0.4) is 0 Å². The van der Waals surface area contributed by atoms with Gasteiger partial charge in [0, 0.05) is 64.0 Å². The summed E-state index contributed by atoms with van der Waals surface area (Å²) in [6, 6.07) is 24.1. The number of fused-ring (bicyclic) bond motifs is 6. The number of nitro benzene ring substituents is 1. The summed E-state index contributed by atoms with van der Waals surface area (Å²) < 4.78 is 25.2. The van der Waals surface area contributed by atoms with Crippen molar-refractivity contribution < 1.29 is 43.0 Å². The monoisotopic (exact) mass is 1210 g/mol. The van der Waals surface area contributed by atoms with E-state index in [2.05, 4.69) is 39.7 Å². The number of β-amino-alcohol motifs (C(OH)–C–C–N with tert-alkyl or cyclic N) is 1. The van der Waals surface area contributed by atoms with Crippen molar-refractivity contribution in [3.63, 3.8) is 0 Å². The van der Waals surface area contributed by atoms with Gasteiger partial charge in [0.1, 0.15) is 34.6 Å². The Morgan fingerprint density at radius 3 is 2.33 bits per heavy atom. The first-order valence-electron chi connectivity index (χ1n) is 28.3. The zero-order chi connectivity index (χ0) is 60.1. The highest BCUT2D eigenvalue weighted by atomic mass is 35.5. The highest BCUT2D eigenvalue weighted by Crippen LogP contribution is 2.41. The molecule has 0 bridgehead atoms. The van der Waals surface area contributed by atoms with Crippen LogP contribution >= 0.6 is 34.3 Å². The summed E-state index contributed by atoms with van der Waals surface area (Å²) in [5.41, 5.74) is 8.92. The van der Waals surface area contributed by atoms with Crippen molar-refractivity contribution in [3.8, 4) is 15.4 Å². The number of carbonyl (C=O) groups is 3. The average molecular weight is 1210 g/mol. The van der Waals surface area contributed by atoms with E-state index in [1.54, 1.807) is 39.2 Å². The van der Waals surface area contributed by atoms with E-state index in [0.717, 1.165) is 59.4 Å². The number of aryl methyl sites for hydroxylation is 3. The molecule has 2 aliphatic heterocycles. The first kappa shape index (κ1) is 60.8. The van der Waals surface area contributed by atoms with Crippen LogP contribution in [0, 0.1) is 43.2 Å². The number of ether oxygens (including phenoxy) is 3. The molecular weight excluding hydrogens is 1140 g/mol. The van der Waals surface area contributed by atoms with Crippen molar-refractivity contribution in [1.82, 2.24) is 40.2 Å². The second-order valence-electron chi connectivity index (χ2n) is 22.6. The molecule has 0 aliphatic carbocycles. The fourth-order valence-electron chi connectivity index (χ4n) is 10.9. The molecule has 3 N–H and O–H groups in total. The molecule has 4 atom stereocenters. The Balaban J connectivity index is 0.699. The molecule has 8 aromatic rings. The van der Waals surface area contributed by atoms with E-state index in [0.29, 0.717) is 38.8 Å². The Bertz CT molecular complexity index is 3760. The van der Waals surface area contributed by atoms with Gasteiger partial charge in [0.2, 0.25) is 17.7 Å². The fourth-order valence-corrected chi connectivity index (χ4v) is 13.0. The maximum atomic E-state index is 15.1. The summed E-state index contributed by atoms with van der Waals surface area (Å²) in [5, 5.41) is 41.9. The van der Waals surface area contributed by atoms with Gasteiger partial charge in [-0.3, -0.25) is 39.0 Å². The van der Waals surface area contributed by atoms with Crippen molar-refractivity contribution >= 4 is 85.3 Å². The Kier molecular flexibility index (Phi) is 19.0. The minimum Gasteiger partial charge on any atom is -0.456 e. The van der Waals surface area contributed by atoms with Gasteiger partial charge in [0.05, 0.1) is 96.5 Å². The maximum absolute atomic E-state index is 15.1. The number of furan rings is 1. The molecule has 4 aromatic heterocycles. The molecule has 0 radical (unpaired) electrons. The number of amides is 3. The molecule has 0 spiro atoms. The number of rotatable bonds is 24. The molecule has 85 heavy (non-hydrogen) atoms. The molecule has 1 fully saturated rings. The van der Waals surface area contributed by atoms with Crippen LogP contribution in [0.25, 0.3) is 37.4 Å². The van der Waals surface area contributed by atoms with Crippen LogP contribution in [0.15, 0.2) is 99.8 Å². The number of nitro groups is 1. The molecule has 446 valence electrons. The summed E-state index contributed by atoms with van der Waals surface area (Å²) in [7, 11) is 0. The highest BCUT2D eigenvalue weighted by Gasteiger charge is 2.42.